The van der Waals surface area contributed by atoms with Gasteiger partial charge in [-0.3, -0.25) is 4.90 Å². The number of rotatable bonds is 8. The Morgan fingerprint density at radius 1 is 0.769 bits per heavy atom. The minimum absolute atomic E-state index is 0.134. The highest BCUT2D eigenvalue weighted by Gasteiger charge is 2.14. The van der Waals surface area contributed by atoms with Crippen LogP contribution in [0, 0.1) is 14.3 Å². The summed E-state index contributed by atoms with van der Waals surface area (Å²) in [5, 5.41) is 9.49. The van der Waals surface area contributed by atoms with E-state index in [1.54, 1.807) is 14.2 Å². The first-order chi connectivity index (χ1) is 12.4. The van der Waals surface area contributed by atoms with Crippen molar-refractivity contribution in [3.05, 3.63) is 49.7 Å². The Hall–Kier alpha value is 0.880. The molecule has 0 heterocycles. The smallest absolute Gasteiger partial charge is 0.145 e. The third-order valence-corrected chi connectivity index (χ3v) is 6.96. The molecule has 0 aliphatic rings. The zero-order valence-electron chi connectivity index (χ0n) is 14.4. The van der Waals surface area contributed by atoms with Gasteiger partial charge in [0.25, 0.3) is 0 Å². The summed E-state index contributed by atoms with van der Waals surface area (Å²) in [6, 6.07) is 8.59. The molecule has 2 rings (SSSR count). The van der Waals surface area contributed by atoms with Crippen molar-refractivity contribution in [1.29, 1.82) is 0 Å². The number of methoxy groups -OCH3 is 2. The molecule has 0 atom stereocenters. The number of halogens is 4. The predicted molar refractivity (Wildman–Crippen MR) is 138 cm³/mol. The number of benzene rings is 2. The van der Waals surface area contributed by atoms with Gasteiger partial charge < -0.3 is 14.6 Å². The highest BCUT2D eigenvalue weighted by molar-refractivity contribution is 14.1. The van der Waals surface area contributed by atoms with E-state index in [4.69, 9.17) is 9.47 Å². The van der Waals surface area contributed by atoms with Crippen molar-refractivity contribution in [2.45, 2.75) is 13.1 Å². The first-order valence-corrected chi connectivity index (χ1v) is 12.1. The van der Waals surface area contributed by atoms with Gasteiger partial charge in [-0.15, -0.1) is 0 Å². The SMILES string of the molecule is COc1c(I)cc(CN(CCO)Cc2cc(I)c(OC)c(I)c2)cc1I. The average molecular weight is 805 g/mol. The van der Waals surface area contributed by atoms with Crippen molar-refractivity contribution >= 4 is 90.4 Å². The highest BCUT2D eigenvalue weighted by Crippen LogP contribution is 2.31. The van der Waals surface area contributed by atoms with E-state index in [9.17, 15) is 5.11 Å². The van der Waals surface area contributed by atoms with Crippen molar-refractivity contribution < 1.29 is 14.6 Å². The molecule has 0 saturated heterocycles. The molecular weight excluding hydrogens is 786 g/mol. The number of ether oxygens (including phenoxy) is 2. The van der Waals surface area contributed by atoms with Crippen LogP contribution in [0.3, 0.4) is 0 Å². The molecule has 4 nitrogen and oxygen atoms in total. The molecule has 8 heteroatoms. The average Bonchev–Trinajstić information content (AvgIpc) is 2.54. The van der Waals surface area contributed by atoms with Gasteiger partial charge in [0.1, 0.15) is 11.5 Å². The number of aliphatic hydroxyl groups is 1. The largest absolute Gasteiger partial charge is 0.495 e. The molecule has 0 radical (unpaired) electrons. The normalized spacial score (nSPS) is 11.1. The molecule has 0 aliphatic heterocycles. The minimum Gasteiger partial charge on any atom is -0.495 e. The van der Waals surface area contributed by atoms with Crippen molar-refractivity contribution in [2.75, 3.05) is 27.4 Å². The fraction of sp³-hybridized carbons (Fsp3) is 0.333. The minimum atomic E-state index is 0.134. The van der Waals surface area contributed by atoms with Crippen LogP contribution in [0.5, 0.6) is 11.5 Å². The predicted octanol–water partition coefficient (Wildman–Crippen LogP) is 5.12. The second kappa shape index (κ2) is 11.2. The van der Waals surface area contributed by atoms with Crippen LogP contribution in [0.15, 0.2) is 24.3 Å². The molecule has 0 unspecified atom stereocenters. The molecule has 0 aliphatic carbocycles. The number of nitrogens with zero attached hydrogens (tertiary/aromatic N) is 1. The lowest BCUT2D eigenvalue weighted by Gasteiger charge is -2.23. The third-order valence-electron chi connectivity index (χ3n) is 3.75. The molecular formula is C18H19I4NO3. The van der Waals surface area contributed by atoms with Gasteiger partial charge in [-0.25, -0.2) is 0 Å². The lowest BCUT2D eigenvalue weighted by molar-refractivity contribution is 0.184. The maximum atomic E-state index is 9.49. The Kier molecular flexibility index (Phi) is 9.95. The van der Waals surface area contributed by atoms with Crippen LogP contribution in [-0.2, 0) is 13.1 Å². The fourth-order valence-electron chi connectivity index (χ4n) is 2.67. The molecule has 0 aromatic heterocycles. The van der Waals surface area contributed by atoms with Crippen LogP contribution >= 0.6 is 90.4 Å². The lowest BCUT2D eigenvalue weighted by Crippen LogP contribution is -2.26. The summed E-state index contributed by atoms with van der Waals surface area (Å²) in [6.07, 6.45) is 0. The summed E-state index contributed by atoms with van der Waals surface area (Å²) >= 11 is 9.23. The third kappa shape index (κ3) is 6.19. The van der Waals surface area contributed by atoms with Gasteiger partial charge in [0.15, 0.2) is 0 Å². The Morgan fingerprint density at radius 2 is 1.12 bits per heavy atom. The summed E-state index contributed by atoms with van der Waals surface area (Å²) in [5.41, 5.74) is 2.43. The van der Waals surface area contributed by atoms with Crippen molar-refractivity contribution in [2.24, 2.45) is 0 Å². The Balaban J connectivity index is 2.22. The van der Waals surface area contributed by atoms with Crippen molar-refractivity contribution in [1.82, 2.24) is 4.90 Å². The van der Waals surface area contributed by atoms with Crippen LogP contribution in [0.1, 0.15) is 11.1 Å². The molecule has 2 aromatic carbocycles. The Morgan fingerprint density at radius 3 is 1.38 bits per heavy atom. The van der Waals surface area contributed by atoms with Crippen LogP contribution in [0.4, 0.5) is 0 Å². The molecule has 0 amide bonds. The Bertz CT molecular complexity index is 663. The topological polar surface area (TPSA) is 41.9 Å². The van der Waals surface area contributed by atoms with Gasteiger partial charge >= 0.3 is 0 Å². The molecule has 26 heavy (non-hydrogen) atoms. The maximum Gasteiger partial charge on any atom is 0.145 e. The van der Waals surface area contributed by atoms with Crippen LogP contribution in [-0.4, -0.2) is 37.4 Å². The summed E-state index contributed by atoms with van der Waals surface area (Å²) in [5.74, 6) is 1.84. The van der Waals surface area contributed by atoms with Crippen LogP contribution < -0.4 is 9.47 Å². The second-order valence-electron chi connectivity index (χ2n) is 5.62. The number of aliphatic hydroxyl groups excluding tert-OH is 1. The van der Waals surface area contributed by atoms with Gasteiger partial charge in [0, 0.05) is 19.6 Å². The molecule has 0 fully saturated rings. The summed E-state index contributed by atoms with van der Waals surface area (Å²) < 4.78 is 15.3. The van der Waals surface area contributed by atoms with E-state index in [0.717, 1.165) is 38.9 Å². The summed E-state index contributed by atoms with van der Waals surface area (Å²) in [6.45, 7) is 2.30. The lowest BCUT2D eigenvalue weighted by atomic mass is 10.1. The standard InChI is InChI=1S/C18H19I4NO3/c1-25-17-13(19)5-11(6-14(17)20)9-23(3-4-24)10-12-7-15(21)18(26-2)16(22)8-12/h5-8,24H,3-4,9-10H2,1-2H3. The van der Waals surface area contributed by atoms with Gasteiger partial charge in [0.05, 0.1) is 35.1 Å². The monoisotopic (exact) mass is 805 g/mol. The van der Waals surface area contributed by atoms with E-state index in [0.29, 0.717) is 6.54 Å². The molecule has 0 spiro atoms. The first-order valence-electron chi connectivity index (χ1n) is 7.76. The molecule has 0 bridgehead atoms. The van der Waals surface area contributed by atoms with E-state index >= 15 is 0 Å². The molecule has 2 aromatic rings. The van der Waals surface area contributed by atoms with E-state index in [-0.39, 0.29) is 6.61 Å². The summed E-state index contributed by atoms with van der Waals surface area (Å²) in [4.78, 5) is 2.25. The van der Waals surface area contributed by atoms with Crippen LogP contribution in [0.2, 0.25) is 0 Å². The zero-order valence-corrected chi connectivity index (χ0v) is 23.0. The van der Waals surface area contributed by atoms with Crippen LogP contribution in [0.25, 0.3) is 0 Å². The van der Waals surface area contributed by atoms with Crippen molar-refractivity contribution in [3.8, 4) is 11.5 Å². The van der Waals surface area contributed by atoms with Gasteiger partial charge in [-0.2, -0.15) is 0 Å². The molecule has 1 N–H and O–H groups in total. The molecule has 142 valence electrons. The fourth-order valence-corrected chi connectivity index (χ4v) is 7.34. The summed E-state index contributed by atoms with van der Waals surface area (Å²) in [7, 11) is 3.40. The van der Waals surface area contributed by atoms with Gasteiger partial charge in [-0.1, -0.05) is 0 Å². The van der Waals surface area contributed by atoms with Crippen molar-refractivity contribution in [3.63, 3.8) is 0 Å². The quantitative estimate of drug-likeness (QED) is 0.377. The zero-order chi connectivity index (χ0) is 19.3. The second-order valence-corrected chi connectivity index (χ2v) is 10.3. The maximum absolute atomic E-state index is 9.49. The number of hydrogen-bond acceptors (Lipinski definition) is 4. The van der Waals surface area contributed by atoms with Gasteiger partial charge in [-0.05, 0) is 126 Å². The van der Waals surface area contributed by atoms with E-state index in [1.165, 1.54) is 11.1 Å². The number of hydrogen-bond donors (Lipinski definition) is 1. The molecule has 0 saturated carbocycles. The highest BCUT2D eigenvalue weighted by atomic mass is 127. The Labute approximate surface area is 209 Å². The van der Waals surface area contributed by atoms with E-state index in [2.05, 4.69) is 120 Å². The van der Waals surface area contributed by atoms with E-state index in [1.807, 2.05) is 0 Å². The van der Waals surface area contributed by atoms with Gasteiger partial charge in [0.2, 0.25) is 0 Å². The first kappa shape index (κ1) is 23.2. The van der Waals surface area contributed by atoms with E-state index < -0.39 is 0 Å².